The summed E-state index contributed by atoms with van der Waals surface area (Å²) in [4.78, 5) is 0. The number of nitrogen functional groups attached to an aromatic ring is 1. The molecule has 2 aromatic heterocycles. The van der Waals surface area contributed by atoms with Crippen molar-refractivity contribution in [1.82, 2.24) is 9.61 Å². The first-order chi connectivity index (χ1) is 11.1. The summed E-state index contributed by atoms with van der Waals surface area (Å²) in [5.74, 6) is 1.50. The number of hydrogen-bond acceptors (Lipinski definition) is 4. The third-order valence-corrected chi connectivity index (χ3v) is 4.01. The number of anilines is 1. The Morgan fingerprint density at radius 3 is 2.35 bits per heavy atom. The number of pyridine rings is 1. The van der Waals surface area contributed by atoms with Crippen LogP contribution < -0.4 is 15.2 Å². The highest BCUT2D eigenvalue weighted by Gasteiger charge is 2.19. The maximum absolute atomic E-state index is 6.22. The minimum Gasteiger partial charge on any atom is -0.496 e. The number of fused-ring (bicyclic) bond motifs is 1. The van der Waals surface area contributed by atoms with E-state index in [1.165, 1.54) is 0 Å². The van der Waals surface area contributed by atoms with Crippen LogP contribution in [0.15, 0.2) is 30.3 Å². The SMILES string of the molecule is CCc1nn2c(-c3c(OC)cc(C)cc3OC)cccc2c1N. The molecule has 3 aromatic rings. The van der Waals surface area contributed by atoms with Crippen molar-refractivity contribution < 1.29 is 9.47 Å². The Morgan fingerprint density at radius 2 is 1.78 bits per heavy atom. The van der Waals surface area contributed by atoms with Crippen molar-refractivity contribution in [3.63, 3.8) is 0 Å². The van der Waals surface area contributed by atoms with Crippen LogP contribution in [0.4, 0.5) is 5.69 Å². The predicted molar refractivity (Wildman–Crippen MR) is 92.3 cm³/mol. The molecule has 0 aliphatic heterocycles. The van der Waals surface area contributed by atoms with Crippen LogP contribution in [0.2, 0.25) is 0 Å². The van der Waals surface area contributed by atoms with Crippen molar-refractivity contribution in [1.29, 1.82) is 0 Å². The third-order valence-electron chi connectivity index (χ3n) is 4.01. The fourth-order valence-electron chi connectivity index (χ4n) is 2.88. The zero-order chi connectivity index (χ0) is 16.6. The summed E-state index contributed by atoms with van der Waals surface area (Å²) in [5, 5.41) is 4.66. The van der Waals surface area contributed by atoms with E-state index in [0.29, 0.717) is 0 Å². The predicted octanol–water partition coefficient (Wildman–Crippen LogP) is 3.47. The minimum atomic E-state index is 0.722. The first-order valence-corrected chi connectivity index (χ1v) is 7.59. The lowest BCUT2D eigenvalue weighted by atomic mass is 10.1. The summed E-state index contributed by atoms with van der Waals surface area (Å²) in [6.45, 7) is 4.06. The maximum Gasteiger partial charge on any atom is 0.132 e. The number of aromatic nitrogens is 2. The second-order valence-electron chi connectivity index (χ2n) is 5.47. The van der Waals surface area contributed by atoms with E-state index in [1.54, 1.807) is 14.2 Å². The lowest BCUT2D eigenvalue weighted by Crippen LogP contribution is -2.00. The smallest absolute Gasteiger partial charge is 0.132 e. The molecule has 0 aliphatic rings. The molecule has 0 aliphatic carbocycles. The van der Waals surface area contributed by atoms with Crippen molar-refractivity contribution in [2.24, 2.45) is 0 Å². The summed E-state index contributed by atoms with van der Waals surface area (Å²) in [7, 11) is 3.32. The molecule has 0 spiro atoms. The van der Waals surface area contributed by atoms with Gasteiger partial charge < -0.3 is 15.2 Å². The van der Waals surface area contributed by atoms with Crippen LogP contribution in [-0.4, -0.2) is 23.8 Å². The van der Waals surface area contributed by atoms with Crippen LogP contribution in [0.3, 0.4) is 0 Å². The number of rotatable bonds is 4. The number of nitrogens with zero attached hydrogens (tertiary/aromatic N) is 2. The van der Waals surface area contributed by atoms with Gasteiger partial charge in [0, 0.05) is 0 Å². The Kier molecular flexibility index (Phi) is 3.86. The second kappa shape index (κ2) is 5.83. The van der Waals surface area contributed by atoms with Crippen molar-refractivity contribution >= 4 is 11.2 Å². The van der Waals surface area contributed by atoms with Crippen LogP contribution >= 0.6 is 0 Å². The molecule has 0 saturated heterocycles. The Bertz CT molecular complexity index is 843. The number of benzene rings is 1. The largest absolute Gasteiger partial charge is 0.496 e. The molecule has 0 radical (unpaired) electrons. The van der Waals surface area contributed by atoms with Crippen molar-refractivity contribution in [3.8, 4) is 22.8 Å². The highest BCUT2D eigenvalue weighted by atomic mass is 16.5. The average molecular weight is 311 g/mol. The van der Waals surface area contributed by atoms with Crippen molar-refractivity contribution in [3.05, 3.63) is 41.6 Å². The second-order valence-corrected chi connectivity index (χ2v) is 5.47. The van der Waals surface area contributed by atoms with E-state index in [1.807, 2.05) is 48.7 Å². The van der Waals surface area contributed by atoms with Gasteiger partial charge in [-0.05, 0) is 43.2 Å². The molecule has 0 fully saturated rings. The first kappa shape index (κ1) is 15.2. The number of methoxy groups -OCH3 is 2. The molecule has 120 valence electrons. The van der Waals surface area contributed by atoms with E-state index in [4.69, 9.17) is 15.2 Å². The lowest BCUT2D eigenvalue weighted by Gasteiger charge is -2.15. The van der Waals surface area contributed by atoms with Gasteiger partial charge in [0.05, 0.1) is 42.4 Å². The van der Waals surface area contributed by atoms with Crippen molar-refractivity contribution in [2.75, 3.05) is 20.0 Å². The van der Waals surface area contributed by atoms with Gasteiger partial charge in [-0.3, -0.25) is 0 Å². The lowest BCUT2D eigenvalue weighted by molar-refractivity contribution is 0.396. The highest BCUT2D eigenvalue weighted by molar-refractivity contribution is 5.81. The topological polar surface area (TPSA) is 61.8 Å². The van der Waals surface area contributed by atoms with Crippen LogP contribution in [-0.2, 0) is 6.42 Å². The molecule has 2 heterocycles. The van der Waals surface area contributed by atoms with E-state index in [0.717, 1.165) is 51.6 Å². The van der Waals surface area contributed by atoms with Crippen LogP contribution in [0.1, 0.15) is 18.2 Å². The Morgan fingerprint density at radius 1 is 1.13 bits per heavy atom. The van der Waals surface area contributed by atoms with Gasteiger partial charge >= 0.3 is 0 Å². The molecule has 5 nitrogen and oxygen atoms in total. The first-order valence-electron chi connectivity index (χ1n) is 7.59. The summed E-state index contributed by atoms with van der Waals surface area (Å²) >= 11 is 0. The van der Waals surface area contributed by atoms with E-state index in [2.05, 4.69) is 5.10 Å². The summed E-state index contributed by atoms with van der Waals surface area (Å²) in [6, 6.07) is 9.92. The van der Waals surface area contributed by atoms with Gasteiger partial charge in [0.15, 0.2) is 0 Å². The minimum absolute atomic E-state index is 0.722. The van der Waals surface area contributed by atoms with Gasteiger partial charge in [-0.2, -0.15) is 5.10 Å². The standard InChI is InChI=1S/C18H21N3O2/c1-5-12-18(19)14-8-6-7-13(21(14)20-12)17-15(22-3)9-11(2)10-16(17)23-4/h6-10H,5,19H2,1-4H3. The number of ether oxygens (including phenoxy) is 2. The Hall–Kier alpha value is -2.69. The quantitative estimate of drug-likeness (QED) is 0.801. The number of aryl methyl sites for hydroxylation is 2. The van der Waals surface area contributed by atoms with Crippen LogP contribution in [0.5, 0.6) is 11.5 Å². The molecule has 0 amide bonds. The van der Waals surface area contributed by atoms with Gasteiger partial charge in [0.2, 0.25) is 0 Å². The fraction of sp³-hybridized carbons (Fsp3) is 0.278. The molecule has 0 unspecified atom stereocenters. The van der Waals surface area contributed by atoms with E-state index < -0.39 is 0 Å². The molecule has 3 rings (SSSR count). The Labute approximate surface area is 135 Å². The van der Waals surface area contributed by atoms with Gasteiger partial charge in [-0.15, -0.1) is 0 Å². The zero-order valence-electron chi connectivity index (χ0n) is 13.9. The normalized spacial score (nSPS) is 11.0. The molecule has 0 atom stereocenters. The zero-order valence-corrected chi connectivity index (χ0v) is 13.9. The molecular weight excluding hydrogens is 290 g/mol. The molecule has 5 heteroatoms. The molecule has 0 bridgehead atoms. The van der Waals surface area contributed by atoms with Crippen LogP contribution in [0.25, 0.3) is 16.8 Å². The van der Waals surface area contributed by atoms with E-state index in [9.17, 15) is 0 Å². The van der Waals surface area contributed by atoms with E-state index in [-0.39, 0.29) is 0 Å². The monoisotopic (exact) mass is 311 g/mol. The molecular formula is C18H21N3O2. The van der Waals surface area contributed by atoms with Crippen molar-refractivity contribution in [2.45, 2.75) is 20.3 Å². The molecule has 0 saturated carbocycles. The summed E-state index contributed by atoms with van der Waals surface area (Å²) in [6.07, 6.45) is 0.787. The van der Waals surface area contributed by atoms with Gasteiger partial charge in [0.25, 0.3) is 0 Å². The molecule has 1 aromatic carbocycles. The Balaban J connectivity index is 2.37. The third kappa shape index (κ3) is 2.38. The van der Waals surface area contributed by atoms with Gasteiger partial charge in [-0.1, -0.05) is 13.0 Å². The summed E-state index contributed by atoms with van der Waals surface area (Å²) < 4.78 is 13.0. The summed E-state index contributed by atoms with van der Waals surface area (Å²) in [5.41, 5.74) is 11.6. The van der Waals surface area contributed by atoms with E-state index >= 15 is 0 Å². The number of hydrogen-bond donors (Lipinski definition) is 1. The molecule has 23 heavy (non-hydrogen) atoms. The van der Waals surface area contributed by atoms with Gasteiger partial charge in [0.1, 0.15) is 11.5 Å². The fourth-order valence-corrected chi connectivity index (χ4v) is 2.88. The highest BCUT2D eigenvalue weighted by Crippen LogP contribution is 2.40. The average Bonchev–Trinajstić information content (AvgIpc) is 2.90. The number of nitrogens with two attached hydrogens (primary N) is 1. The van der Waals surface area contributed by atoms with Gasteiger partial charge in [-0.25, -0.2) is 4.52 Å². The maximum atomic E-state index is 6.22. The molecule has 2 N–H and O–H groups in total. The van der Waals surface area contributed by atoms with Crippen LogP contribution in [0, 0.1) is 6.92 Å².